The lowest BCUT2D eigenvalue weighted by Gasteiger charge is -2.58. The molecule has 3 N–H and O–H groups in total. The van der Waals surface area contributed by atoms with Gasteiger partial charge in [-0.3, -0.25) is 9.69 Å². The van der Waals surface area contributed by atoms with Gasteiger partial charge in [0.05, 0.1) is 12.6 Å². The van der Waals surface area contributed by atoms with E-state index in [0.717, 1.165) is 10.9 Å². The van der Waals surface area contributed by atoms with Crippen LogP contribution in [-0.4, -0.2) is 62.1 Å². The van der Waals surface area contributed by atoms with Crippen molar-refractivity contribution in [3.63, 3.8) is 0 Å². The molecule has 4 atom stereocenters. The Morgan fingerprint density at radius 3 is 2.37 bits per heavy atom. The van der Waals surface area contributed by atoms with Crippen LogP contribution in [-0.2, 0) is 19.7 Å². The molecule has 35 heavy (non-hydrogen) atoms. The minimum absolute atomic E-state index is 0.226. The first-order valence-corrected chi connectivity index (χ1v) is 12.0. The largest absolute Gasteiger partial charge is 0.459 e. The molecule has 4 rings (SSSR count). The summed E-state index contributed by atoms with van der Waals surface area (Å²) in [6.07, 6.45) is 1.05. The van der Waals surface area contributed by atoms with Crippen LogP contribution in [0.3, 0.4) is 0 Å². The third-order valence-electron chi connectivity index (χ3n) is 6.99. The maximum atomic E-state index is 13.9. The molecule has 2 aliphatic rings. The van der Waals surface area contributed by atoms with Gasteiger partial charge in [-0.25, -0.2) is 4.79 Å². The SMILES string of the molecule is C=C[C@]1(O)[C@H]2CCN(C(=O)OC(C)(C)C)[C@@H]1c1c([nH]c3ccccc13)[C@@]2(CO)C(=O)OC(C)(C)C. The quantitative estimate of drug-likeness (QED) is 0.449. The zero-order valence-corrected chi connectivity index (χ0v) is 21.3. The van der Waals surface area contributed by atoms with Crippen LogP contribution in [0.25, 0.3) is 10.9 Å². The highest BCUT2D eigenvalue weighted by Crippen LogP contribution is 2.59. The zero-order chi connectivity index (χ0) is 26.0. The molecular weight excluding hydrogens is 448 g/mol. The fourth-order valence-electron chi connectivity index (χ4n) is 5.71. The number of aromatic amines is 1. The molecule has 0 radical (unpaired) electrons. The van der Waals surface area contributed by atoms with Gasteiger partial charge in [0.1, 0.15) is 22.2 Å². The van der Waals surface area contributed by atoms with Gasteiger partial charge in [-0.05, 0) is 54.0 Å². The van der Waals surface area contributed by atoms with E-state index < -0.39 is 52.8 Å². The minimum atomic E-state index is -1.73. The number of hydrogen-bond acceptors (Lipinski definition) is 6. The number of amides is 1. The predicted molar refractivity (Wildman–Crippen MR) is 132 cm³/mol. The number of para-hydroxylation sites is 1. The van der Waals surface area contributed by atoms with Gasteiger partial charge in [-0.15, -0.1) is 6.58 Å². The minimum Gasteiger partial charge on any atom is -0.459 e. The van der Waals surface area contributed by atoms with Gasteiger partial charge in [0.25, 0.3) is 0 Å². The molecular formula is C27H36N2O6. The average molecular weight is 485 g/mol. The summed E-state index contributed by atoms with van der Waals surface area (Å²) in [4.78, 5) is 32.1. The highest BCUT2D eigenvalue weighted by molar-refractivity contribution is 5.93. The average Bonchev–Trinajstić information content (AvgIpc) is 3.11. The monoisotopic (exact) mass is 484 g/mol. The van der Waals surface area contributed by atoms with E-state index >= 15 is 0 Å². The van der Waals surface area contributed by atoms with E-state index in [-0.39, 0.29) is 13.0 Å². The predicted octanol–water partition coefficient (Wildman–Crippen LogP) is 3.97. The Morgan fingerprint density at radius 1 is 1.17 bits per heavy atom. The standard InChI is InChI=1S/C27H36N2O6/c1-8-27(33)18-13-14-29(23(32)35-25(5,6)7)21(27)19-16-11-9-10-12-17(16)28-20(19)26(18,15-30)22(31)34-24(2,3)4/h8-12,18,21,28,30,33H,1,13-15H2,2-7H3/t18-,21+,26-,27-/m0/s1. The van der Waals surface area contributed by atoms with Gasteiger partial charge < -0.3 is 24.7 Å². The van der Waals surface area contributed by atoms with Crippen molar-refractivity contribution in [2.24, 2.45) is 5.92 Å². The Balaban J connectivity index is 2.03. The molecule has 2 heterocycles. The molecule has 1 fully saturated rings. The number of aliphatic hydroxyl groups is 2. The van der Waals surface area contributed by atoms with Crippen LogP contribution in [0.5, 0.6) is 0 Å². The molecule has 1 aromatic heterocycles. The number of H-pyrrole nitrogens is 1. The van der Waals surface area contributed by atoms with Gasteiger partial charge in [-0.1, -0.05) is 24.3 Å². The lowest BCUT2D eigenvalue weighted by Crippen LogP contribution is -2.68. The summed E-state index contributed by atoms with van der Waals surface area (Å²) >= 11 is 0. The van der Waals surface area contributed by atoms with Crippen molar-refractivity contribution in [3.05, 3.63) is 48.2 Å². The fourth-order valence-corrected chi connectivity index (χ4v) is 5.71. The maximum absolute atomic E-state index is 13.9. The molecule has 8 nitrogen and oxygen atoms in total. The number of carbonyl (C=O) groups excluding carboxylic acids is 2. The normalized spacial score (nSPS) is 28.4. The number of ether oxygens (including phenoxy) is 2. The molecule has 1 amide bonds. The van der Waals surface area contributed by atoms with Gasteiger partial charge in [0.2, 0.25) is 0 Å². The zero-order valence-electron chi connectivity index (χ0n) is 21.3. The molecule has 1 aliphatic carbocycles. The molecule has 0 spiro atoms. The van der Waals surface area contributed by atoms with E-state index in [4.69, 9.17) is 9.47 Å². The Hall–Kier alpha value is -2.84. The molecule has 0 unspecified atom stereocenters. The van der Waals surface area contributed by atoms with Gasteiger partial charge in [0.15, 0.2) is 0 Å². The van der Waals surface area contributed by atoms with Gasteiger partial charge in [0, 0.05) is 34.6 Å². The molecule has 8 heteroatoms. The second-order valence-corrected chi connectivity index (χ2v) is 11.6. The van der Waals surface area contributed by atoms with Crippen molar-refractivity contribution >= 4 is 23.0 Å². The van der Waals surface area contributed by atoms with E-state index in [1.54, 1.807) is 41.5 Å². The van der Waals surface area contributed by atoms with Crippen LogP contribution in [0, 0.1) is 5.92 Å². The number of nitrogens with zero attached hydrogens (tertiary/aromatic N) is 1. The van der Waals surface area contributed by atoms with Crippen LogP contribution in [0.1, 0.15) is 65.3 Å². The second-order valence-electron chi connectivity index (χ2n) is 11.6. The lowest BCUT2D eigenvalue weighted by molar-refractivity contribution is -0.184. The van der Waals surface area contributed by atoms with Gasteiger partial charge >= 0.3 is 12.1 Å². The number of benzene rings is 1. The number of hydrogen-bond donors (Lipinski definition) is 3. The van der Waals surface area contributed by atoms with E-state index in [9.17, 15) is 19.8 Å². The molecule has 2 aromatic rings. The van der Waals surface area contributed by atoms with E-state index in [0.29, 0.717) is 11.3 Å². The van der Waals surface area contributed by atoms with Crippen LogP contribution in [0.15, 0.2) is 36.9 Å². The number of likely N-dealkylation sites (tertiary alicyclic amines) is 1. The van der Waals surface area contributed by atoms with Crippen molar-refractivity contribution in [2.45, 2.75) is 76.2 Å². The van der Waals surface area contributed by atoms with Crippen LogP contribution in [0.2, 0.25) is 0 Å². The third kappa shape index (κ3) is 3.83. The molecule has 1 saturated heterocycles. The van der Waals surface area contributed by atoms with E-state index in [2.05, 4.69) is 11.6 Å². The maximum Gasteiger partial charge on any atom is 0.410 e. The number of piperidine rings is 1. The Morgan fingerprint density at radius 2 is 1.80 bits per heavy atom. The molecule has 2 bridgehead atoms. The highest BCUT2D eigenvalue weighted by atomic mass is 16.6. The first-order valence-electron chi connectivity index (χ1n) is 12.0. The number of rotatable bonds is 3. The summed E-state index contributed by atoms with van der Waals surface area (Å²) in [7, 11) is 0. The summed E-state index contributed by atoms with van der Waals surface area (Å²) in [5, 5.41) is 23.8. The number of carbonyl (C=O) groups is 2. The molecule has 1 aromatic carbocycles. The van der Waals surface area contributed by atoms with Gasteiger partial charge in [-0.2, -0.15) is 0 Å². The third-order valence-corrected chi connectivity index (χ3v) is 6.99. The van der Waals surface area contributed by atoms with E-state index in [1.165, 1.54) is 11.0 Å². The van der Waals surface area contributed by atoms with E-state index in [1.807, 2.05) is 24.3 Å². The van der Waals surface area contributed by atoms with Crippen molar-refractivity contribution in [2.75, 3.05) is 13.2 Å². The topological polar surface area (TPSA) is 112 Å². The fraction of sp³-hybridized carbons (Fsp3) is 0.556. The number of nitrogens with one attached hydrogen (secondary N) is 1. The smallest absolute Gasteiger partial charge is 0.410 e. The first-order chi connectivity index (χ1) is 16.2. The number of fused-ring (bicyclic) bond motifs is 6. The summed E-state index contributed by atoms with van der Waals surface area (Å²) in [6, 6.07) is 6.56. The summed E-state index contributed by atoms with van der Waals surface area (Å²) < 4.78 is 11.5. The number of aliphatic hydroxyl groups excluding tert-OH is 1. The number of aromatic nitrogens is 1. The highest BCUT2D eigenvalue weighted by Gasteiger charge is 2.67. The Labute approximate surface area is 205 Å². The first kappa shape index (κ1) is 25.3. The summed E-state index contributed by atoms with van der Waals surface area (Å²) in [5.41, 5.74) is -3.12. The van der Waals surface area contributed by atoms with Crippen LogP contribution >= 0.6 is 0 Å². The van der Waals surface area contributed by atoms with Crippen LogP contribution < -0.4 is 0 Å². The summed E-state index contributed by atoms with van der Waals surface area (Å²) in [6.45, 7) is 14.2. The van der Waals surface area contributed by atoms with Crippen molar-refractivity contribution in [3.8, 4) is 0 Å². The van der Waals surface area contributed by atoms with Crippen molar-refractivity contribution in [1.29, 1.82) is 0 Å². The second kappa shape index (κ2) is 8.10. The number of esters is 1. The summed E-state index contributed by atoms with van der Waals surface area (Å²) in [5.74, 6) is -1.42. The van der Waals surface area contributed by atoms with Crippen molar-refractivity contribution in [1.82, 2.24) is 9.88 Å². The Kier molecular flexibility index (Phi) is 5.84. The lowest BCUT2D eigenvalue weighted by atomic mass is 9.54. The van der Waals surface area contributed by atoms with Crippen LogP contribution in [0.4, 0.5) is 4.79 Å². The molecule has 0 saturated carbocycles. The van der Waals surface area contributed by atoms with Crippen molar-refractivity contribution < 1.29 is 29.3 Å². The molecule has 1 aliphatic heterocycles. The molecule has 190 valence electrons. The Bertz CT molecular complexity index is 1170.